The molecule has 0 bridgehead atoms. The molecule has 0 aliphatic heterocycles. The van der Waals surface area contributed by atoms with Crippen LogP contribution < -0.4 is 5.32 Å². The van der Waals surface area contributed by atoms with Gasteiger partial charge in [0.1, 0.15) is 0 Å². The van der Waals surface area contributed by atoms with Crippen LogP contribution in [0.1, 0.15) is 44.3 Å². The molecule has 4 heteroatoms. The Balaban J connectivity index is 1.87. The molecule has 0 atom stereocenters. The first-order valence-electron chi connectivity index (χ1n) is 5.22. The van der Waals surface area contributed by atoms with Crippen molar-refractivity contribution in [1.82, 2.24) is 15.5 Å². The molecule has 0 amide bonds. The fourth-order valence-electron chi connectivity index (χ4n) is 2.04. The minimum Gasteiger partial charge on any atom is -0.340 e. The monoisotopic (exact) mass is 195 g/mol. The van der Waals surface area contributed by atoms with Gasteiger partial charge in [-0.1, -0.05) is 18.0 Å². The van der Waals surface area contributed by atoms with Crippen molar-refractivity contribution in [3.63, 3.8) is 0 Å². The van der Waals surface area contributed by atoms with Gasteiger partial charge in [-0.15, -0.1) is 0 Å². The van der Waals surface area contributed by atoms with Gasteiger partial charge in [0.2, 0.25) is 5.89 Å². The van der Waals surface area contributed by atoms with E-state index >= 15 is 0 Å². The summed E-state index contributed by atoms with van der Waals surface area (Å²) in [4.78, 5) is 4.16. The predicted molar refractivity (Wildman–Crippen MR) is 52.7 cm³/mol. The van der Waals surface area contributed by atoms with Gasteiger partial charge in [0.25, 0.3) is 0 Å². The van der Waals surface area contributed by atoms with Crippen molar-refractivity contribution in [1.29, 1.82) is 0 Å². The summed E-state index contributed by atoms with van der Waals surface area (Å²) in [6, 6.07) is 0. The largest absolute Gasteiger partial charge is 0.340 e. The lowest BCUT2D eigenvalue weighted by Crippen LogP contribution is -2.39. The molecule has 4 nitrogen and oxygen atoms in total. The van der Waals surface area contributed by atoms with Crippen LogP contribution in [0.5, 0.6) is 0 Å². The third-order valence-corrected chi connectivity index (χ3v) is 2.95. The van der Waals surface area contributed by atoms with Gasteiger partial charge in [0.05, 0.1) is 6.54 Å². The van der Waals surface area contributed by atoms with E-state index in [9.17, 15) is 0 Å². The predicted octanol–water partition coefficient (Wildman–Crippen LogP) is 1.80. The van der Waals surface area contributed by atoms with E-state index in [4.69, 9.17) is 4.52 Å². The maximum atomic E-state index is 4.91. The van der Waals surface area contributed by atoms with Crippen LogP contribution in [0.4, 0.5) is 0 Å². The molecule has 0 spiro atoms. The SMILES string of the molecule is Cc1nc(CNC2(C)CCCC2)no1. The Bertz CT molecular complexity index is 302. The number of aryl methyl sites for hydroxylation is 1. The summed E-state index contributed by atoms with van der Waals surface area (Å²) in [5, 5.41) is 7.36. The molecule has 1 aromatic rings. The van der Waals surface area contributed by atoms with Crippen molar-refractivity contribution in [2.75, 3.05) is 0 Å². The standard InChI is InChI=1S/C10H17N3O/c1-8-12-9(13-14-8)7-11-10(2)5-3-4-6-10/h11H,3-7H2,1-2H3. The quantitative estimate of drug-likeness (QED) is 0.799. The molecule has 78 valence electrons. The summed E-state index contributed by atoms with van der Waals surface area (Å²) in [6.07, 6.45) is 5.16. The zero-order chi connectivity index (χ0) is 10.0. The van der Waals surface area contributed by atoms with Gasteiger partial charge in [-0.2, -0.15) is 4.98 Å². The van der Waals surface area contributed by atoms with E-state index in [2.05, 4.69) is 22.4 Å². The first-order chi connectivity index (χ1) is 6.68. The molecule has 0 saturated heterocycles. The Morgan fingerprint density at radius 3 is 2.71 bits per heavy atom. The van der Waals surface area contributed by atoms with E-state index < -0.39 is 0 Å². The van der Waals surface area contributed by atoms with Gasteiger partial charge in [0, 0.05) is 12.5 Å². The highest BCUT2D eigenvalue weighted by molar-refractivity contribution is 4.91. The van der Waals surface area contributed by atoms with E-state index in [1.165, 1.54) is 25.7 Å². The summed E-state index contributed by atoms with van der Waals surface area (Å²) in [6.45, 7) is 4.80. The second-order valence-corrected chi connectivity index (χ2v) is 4.35. The van der Waals surface area contributed by atoms with Crippen molar-refractivity contribution in [3.8, 4) is 0 Å². The van der Waals surface area contributed by atoms with Crippen molar-refractivity contribution in [2.24, 2.45) is 0 Å². The van der Waals surface area contributed by atoms with Crippen molar-refractivity contribution in [2.45, 2.75) is 51.6 Å². The Hall–Kier alpha value is -0.900. The van der Waals surface area contributed by atoms with Gasteiger partial charge in [-0.05, 0) is 19.8 Å². The highest BCUT2D eigenvalue weighted by atomic mass is 16.5. The molecule has 1 aromatic heterocycles. The van der Waals surface area contributed by atoms with Crippen molar-refractivity contribution >= 4 is 0 Å². The van der Waals surface area contributed by atoms with Crippen molar-refractivity contribution < 1.29 is 4.52 Å². The lowest BCUT2D eigenvalue weighted by molar-refractivity contribution is 0.346. The molecule has 1 fully saturated rings. The van der Waals surface area contributed by atoms with Crippen LogP contribution in [0.3, 0.4) is 0 Å². The maximum Gasteiger partial charge on any atom is 0.223 e. The maximum absolute atomic E-state index is 4.91. The van der Waals surface area contributed by atoms with E-state index in [1.807, 2.05) is 6.92 Å². The Kier molecular flexibility index (Phi) is 2.54. The molecule has 14 heavy (non-hydrogen) atoms. The van der Waals surface area contributed by atoms with Crippen LogP contribution in [0.25, 0.3) is 0 Å². The molecule has 2 rings (SSSR count). The number of hydrogen-bond donors (Lipinski definition) is 1. The minimum absolute atomic E-state index is 0.286. The highest BCUT2D eigenvalue weighted by Gasteiger charge is 2.27. The Morgan fingerprint density at radius 2 is 2.14 bits per heavy atom. The normalized spacial score (nSPS) is 20.1. The van der Waals surface area contributed by atoms with Crippen LogP contribution in [-0.4, -0.2) is 15.7 Å². The van der Waals surface area contributed by atoms with Crippen LogP contribution in [0, 0.1) is 6.92 Å². The van der Waals surface area contributed by atoms with Gasteiger partial charge >= 0.3 is 0 Å². The Morgan fingerprint density at radius 1 is 1.43 bits per heavy atom. The zero-order valence-electron chi connectivity index (χ0n) is 8.84. The lowest BCUT2D eigenvalue weighted by Gasteiger charge is -2.24. The number of hydrogen-bond acceptors (Lipinski definition) is 4. The number of nitrogens with zero attached hydrogens (tertiary/aromatic N) is 2. The van der Waals surface area contributed by atoms with Crippen LogP contribution in [0.15, 0.2) is 4.52 Å². The molecule has 1 saturated carbocycles. The molecule has 0 radical (unpaired) electrons. The van der Waals surface area contributed by atoms with E-state index in [-0.39, 0.29) is 5.54 Å². The van der Waals surface area contributed by atoms with E-state index in [0.717, 1.165) is 5.82 Å². The Labute approximate surface area is 84.1 Å². The molecule has 1 N–H and O–H groups in total. The molecular formula is C10H17N3O. The fraction of sp³-hybridized carbons (Fsp3) is 0.800. The summed E-state index contributed by atoms with van der Waals surface area (Å²) < 4.78 is 4.91. The molecular weight excluding hydrogens is 178 g/mol. The smallest absolute Gasteiger partial charge is 0.223 e. The second-order valence-electron chi connectivity index (χ2n) is 4.35. The van der Waals surface area contributed by atoms with Gasteiger partial charge < -0.3 is 9.84 Å². The minimum atomic E-state index is 0.286. The van der Waals surface area contributed by atoms with Crippen molar-refractivity contribution in [3.05, 3.63) is 11.7 Å². The lowest BCUT2D eigenvalue weighted by atomic mass is 10.0. The summed E-state index contributed by atoms with van der Waals surface area (Å²) >= 11 is 0. The van der Waals surface area contributed by atoms with Gasteiger partial charge in [-0.3, -0.25) is 0 Å². The zero-order valence-corrected chi connectivity index (χ0v) is 8.84. The van der Waals surface area contributed by atoms with Crippen LogP contribution >= 0.6 is 0 Å². The first kappa shape index (κ1) is 9.65. The van der Waals surface area contributed by atoms with E-state index in [1.54, 1.807) is 0 Å². The highest BCUT2D eigenvalue weighted by Crippen LogP contribution is 2.28. The average Bonchev–Trinajstić information content (AvgIpc) is 2.73. The third-order valence-electron chi connectivity index (χ3n) is 2.95. The average molecular weight is 195 g/mol. The second kappa shape index (κ2) is 3.69. The third kappa shape index (κ3) is 2.12. The summed E-state index contributed by atoms with van der Waals surface area (Å²) in [7, 11) is 0. The molecule has 1 aliphatic rings. The molecule has 0 unspecified atom stereocenters. The number of aromatic nitrogens is 2. The van der Waals surface area contributed by atoms with E-state index in [0.29, 0.717) is 12.4 Å². The van der Waals surface area contributed by atoms with Crippen LogP contribution in [0.2, 0.25) is 0 Å². The van der Waals surface area contributed by atoms with Gasteiger partial charge in [-0.25, -0.2) is 0 Å². The number of rotatable bonds is 3. The molecule has 1 aliphatic carbocycles. The van der Waals surface area contributed by atoms with Crippen LogP contribution in [-0.2, 0) is 6.54 Å². The fourth-order valence-corrected chi connectivity index (χ4v) is 2.04. The summed E-state index contributed by atoms with van der Waals surface area (Å²) in [5.41, 5.74) is 0.286. The molecule has 1 heterocycles. The topological polar surface area (TPSA) is 51.0 Å². The molecule has 0 aromatic carbocycles. The number of nitrogens with one attached hydrogen (secondary N) is 1. The van der Waals surface area contributed by atoms with Gasteiger partial charge in [0.15, 0.2) is 5.82 Å². The first-order valence-corrected chi connectivity index (χ1v) is 5.22. The summed E-state index contributed by atoms with van der Waals surface area (Å²) in [5.74, 6) is 1.40.